The van der Waals surface area contributed by atoms with E-state index in [1.54, 1.807) is 31.2 Å². The fourth-order valence-corrected chi connectivity index (χ4v) is 2.94. The van der Waals surface area contributed by atoms with Crippen LogP contribution in [0, 0.1) is 0 Å². The third-order valence-corrected chi connectivity index (χ3v) is 4.27. The summed E-state index contributed by atoms with van der Waals surface area (Å²) in [5.41, 5.74) is 1.15. The highest BCUT2D eigenvalue weighted by atomic mass is 32.1. The number of carbonyl (C=O) groups is 2. The lowest BCUT2D eigenvalue weighted by molar-refractivity contribution is -0.122. The predicted molar refractivity (Wildman–Crippen MR) is 115 cm³/mol. The zero-order valence-corrected chi connectivity index (χ0v) is 16.9. The molecule has 2 aromatic rings. The van der Waals surface area contributed by atoms with Crippen LogP contribution in [0.1, 0.15) is 13.8 Å². The van der Waals surface area contributed by atoms with Crippen LogP contribution >= 0.6 is 12.2 Å². The van der Waals surface area contributed by atoms with Gasteiger partial charge in [0.1, 0.15) is 17.1 Å². The van der Waals surface area contributed by atoms with Crippen molar-refractivity contribution in [1.29, 1.82) is 0 Å². The summed E-state index contributed by atoms with van der Waals surface area (Å²) in [5, 5.41) is 2.58. The molecule has 0 aliphatic carbocycles. The van der Waals surface area contributed by atoms with Crippen LogP contribution in [-0.2, 0) is 14.3 Å². The number of ether oxygens (including phenoxy) is 2. The van der Waals surface area contributed by atoms with Crippen molar-refractivity contribution in [3.8, 4) is 11.5 Å². The lowest BCUT2D eigenvalue weighted by atomic mass is 10.1. The van der Waals surface area contributed by atoms with Crippen molar-refractivity contribution in [2.24, 2.45) is 0 Å². The van der Waals surface area contributed by atoms with Gasteiger partial charge in [0, 0.05) is 0 Å². The molecular weight excluding hydrogens is 388 g/mol. The first-order valence-electron chi connectivity index (χ1n) is 9.02. The minimum Gasteiger partial charge on any atom is -0.501 e. The number of hydrogen-bond donors (Lipinski definition) is 1. The Labute approximate surface area is 174 Å². The van der Waals surface area contributed by atoms with Crippen molar-refractivity contribution in [2.45, 2.75) is 13.8 Å². The van der Waals surface area contributed by atoms with E-state index in [2.05, 4.69) is 5.32 Å². The molecule has 0 radical (unpaired) electrons. The Morgan fingerprint density at radius 1 is 1.07 bits per heavy atom. The van der Waals surface area contributed by atoms with E-state index in [4.69, 9.17) is 21.7 Å². The molecule has 0 atom stereocenters. The molecule has 1 saturated heterocycles. The summed E-state index contributed by atoms with van der Waals surface area (Å²) in [6.07, 6.45) is 2.98. The number of nitrogens with zero attached hydrogens (tertiary/aromatic N) is 1. The van der Waals surface area contributed by atoms with Crippen LogP contribution in [0.15, 0.2) is 78.1 Å². The monoisotopic (exact) mass is 408 g/mol. The summed E-state index contributed by atoms with van der Waals surface area (Å²) in [5.74, 6) is 0.286. The van der Waals surface area contributed by atoms with Crippen LogP contribution in [0.25, 0.3) is 0 Å². The number of amides is 2. The Morgan fingerprint density at radius 2 is 1.72 bits per heavy atom. The molecule has 3 rings (SSSR count). The lowest BCUT2D eigenvalue weighted by Gasteiger charge is -2.29. The van der Waals surface area contributed by atoms with Crippen LogP contribution in [0.3, 0.4) is 0 Å². The van der Waals surface area contributed by atoms with E-state index in [9.17, 15) is 9.59 Å². The molecule has 1 aliphatic rings. The molecule has 0 aromatic heterocycles. The van der Waals surface area contributed by atoms with E-state index in [0.29, 0.717) is 29.4 Å². The highest BCUT2D eigenvalue weighted by molar-refractivity contribution is 7.80. The van der Waals surface area contributed by atoms with Crippen molar-refractivity contribution in [3.63, 3.8) is 0 Å². The summed E-state index contributed by atoms with van der Waals surface area (Å²) in [6, 6.07) is 16.3. The Kier molecular flexibility index (Phi) is 6.41. The highest BCUT2D eigenvalue weighted by Crippen LogP contribution is 2.26. The Balaban J connectivity index is 1.83. The highest BCUT2D eigenvalue weighted by Gasteiger charge is 2.34. The summed E-state index contributed by atoms with van der Waals surface area (Å²) >= 11 is 5.21. The average molecular weight is 408 g/mol. The van der Waals surface area contributed by atoms with Gasteiger partial charge < -0.3 is 9.47 Å². The van der Waals surface area contributed by atoms with Gasteiger partial charge in [-0.25, -0.2) is 0 Å². The SMILES string of the molecule is CCO/C=C(C)/C=C1\C(=O)NC(=S)N(c2ccc(Oc3ccccc3)cc2)C1=O. The first-order valence-corrected chi connectivity index (χ1v) is 9.43. The van der Waals surface area contributed by atoms with E-state index in [1.807, 2.05) is 37.3 Å². The number of thiocarbonyl (C=S) groups is 1. The van der Waals surface area contributed by atoms with Gasteiger partial charge >= 0.3 is 0 Å². The maximum atomic E-state index is 12.9. The van der Waals surface area contributed by atoms with Crippen molar-refractivity contribution in [2.75, 3.05) is 11.5 Å². The minimum atomic E-state index is -0.537. The standard InChI is InChI=1S/C22H20N2O4S/c1-3-27-14-15(2)13-19-20(25)23-22(29)24(21(19)26)16-9-11-18(12-10-16)28-17-7-5-4-6-8-17/h4-14H,3H2,1-2H3,(H,23,25,29)/b15-14+,19-13+. The van der Waals surface area contributed by atoms with Crippen LogP contribution in [0.4, 0.5) is 5.69 Å². The number of benzene rings is 2. The first-order chi connectivity index (χ1) is 14.0. The lowest BCUT2D eigenvalue weighted by Crippen LogP contribution is -2.54. The Hall–Kier alpha value is -3.45. The van der Waals surface area contributed by atoms with Gasteiger partial charge in [-0.05, 0) is 74.1 Å². The number of carbonyl (C=O) groups excluding carboxylic acids is 2. The Bertz CT molecular complexity index is 982. The maximum absolute atomic E-state index is 12.9. The molecule has 0 bridgehead atoms. The molecule has 1 fully saturated rings. The van der Waals surface area contributed by atoms with Gasteiger partial charge in [-0.2, -0.15) is 0 Å². The number of allylic oxidation sites excluding steroid dienone is 2. The van der Waals surface area contributed by atoms with Gasteiger partial charge in [0.25, 0.3) is 11.8 Å². The molecule has 1 heterocycles. The number of rotatable bonds is 6. The number of para-hydroxylation sites is 1. The van der Waals surface area contributed by atoms with Crippen molar-refractivity contribution < 1.29 is 19.1 Å². The molecule has 7 heteroatoms. The van der Waals surface area contributed by atoms with Crippen molar-refractivity contribution in [3.05, 3.63) is 78.1 Å². The third-order valence-electron chi connectivity index (χ3n) is 3.98. The average Bonchev–Trinajstić information content (AvgIpc) is 2.71. The number of nitrogens with one attached hydrogen (secondary N) is 1. The van der Waals surface area contributed by atoms with Gasteiger partial charge in [-0.15, -0.1) is 0 Å². The fourth-order valence-electron chi connectivity index (χ4n) is 2.66. The summed E-state index contributed by atoms with van der Waals surface area (Å²) in [7, 11) is 0. The normalized spacial score (nSPS) is 16.1. The van der Waals surface area contributed by atoms with Crippen LogP contribution in [0.2, 0.25) is 0 Å². The molecule has 29 heavy (non-hydrogen) atoms. The van der Waals surface area contributed by atoms with Gasteiger partial charge in [0.2, 0.25) is 0 Å². The maximum Gasteiger partial charge on any atom is 0.270 e. The molecule has 0 spiro atoms. The molecule has 0 saturated carbocycles. The fraction of sp³-hybridized carbons (Fsp3) is 0.136. The van der Waals surface area contributed by atoms with Crippen LogP contribution in [-0.4, -0.2) is 23.5 Å². The van der Waals surface area contributed by atoms with Gasteiger partial charge in [0.15, 0.2) is 5.11 Å². The minimum absolute atomic E-state index is 0.0170. The predicted octanol–water partition coefficient (Wildman–Crippen LogP) is 4.09. The second-order valence-electron chi connectivity index (χ2n) is 6.18. The second-order valence-corrected chi connectivity index (χ2v) is 6.57. The molecule has 148 valence electrons. The zero-order chi connectivity index (χ0) is 20.8. The summed E-state index contributed by atoms with van der Waals surface area (Å²) < 4.78 is 11.0. The second kappa shape index (κ2) is 9.16. The Morgan fingerprint density at radius 3 is 2.38 bits per heavy atom. The molecule has 2 amide bonds. The van der Waals surface area contributed by atoms with Gasteiger partial charge in [0.05, 0.1) is 18.6 Å². The molecule has 2 aromatic carbocycles. The van der Waals surface area contributed by atoms with Crippen LogP contribution in [0.5, 0.6) is 11.5 Å². The van der Waals surface area contributed by atoms with E-state index < -0.39 is 11.8 Å². The molecule has 1 aliphatic heterocycles. The van der Waals surface area contributed by atoms with Crippen molar-refractivity contribution in [1.82, 2.24) is 5.32 Å². The van der Waals surface area contributed by atoms with Gasteiger partial charge in [-0.1, -0.05) is 18.2 Å². The van der Waals surface area contributed by atoms with Gasteiger partial charge in [-0.3, -0.25) is 19.8 Å². The smallest absolute Gasteiger partial charge is 0.270 e. The molecule has 1 N–H and O–H groups in total. The largest absolute Gasteiger partial charge is 0.501 e. The zero-order valence-electron chi connectivity index (χ0n) is 16.0. The van der Waals surface area contributed by atoms with E-state index in [-0.39, 0.29) is 10.7 Å². The van der Waals surface area contributed by atoms with E-state index in [1.165, 1.54) is 17.2 Å². The third kappa shape index (κ3) is 4.89. The van der Waals surface area contributed by atoms with Crippen molar-refractivity contribution >= 4 is 34.8 Å². The summed E-state index contributed by atoms with van der Waals surface area (Å²) in [4.78, 5) is 26.5. The van der Waals surface area contributed by atoms with E-state index in [0.717, 1.165) is 0 Å². The number of hydrogen-bond acceptors (Lipinski definition) is 5. The van der Waals surface area contributed by atoms with Crippen LogP contribution < -0.4 is 15.0 Å². The molecule has 0 unspecified atom stereocenters. The summed E-state index contributed by atoms with van der Waals surface area (Å²) in [6.45, 7) is 4.09. The first kappa shape index (κ1) is 20.3. The number of anilines is 1. The van der Waals surface area contributed by atoms with E-state index >= 15 is 0 Å². The molecular formula is C22H20N2O4S. The topological polar surface area (TPSA) is 67.9 Å². The quantitative estimate of drug-likeness (QED) is 0.337. The molecule has 6 nitrogen and oxygen atoms in total.